The number of imidazole rings is 1. The molecule has 37 heavy (non-hydrogen) atoms. The van der Waals surface area contributed by atoms with Crippen molar-refractivity contribution in [2.45, 2.75) is 79.3 Å². The van der Waals surface area contributed by atoms with E-state index in [-0.39, 0.29) is 12.3 Å². The lowest BCUT2D eigenvalue weighted by Crippen LogP contribution is -2.50. The molecule has 1 aromatic heterocycles. The average Bonchev–Trinajstić information content (AvgIpc) is 3.17. The molecular weight excluding hydrogens is 704 g/mol. The summed E-state index contributed by atoms with van der Waals surface area (Å²) in [6, 6.07) is 4.26. The fourth-order valence-corrected chi connectivity index (χ4v) is 5.60. The maximum Gasteiger partial charge on any atom is 0.326 e. The number of ether oxygens (including phenoxy) is 2. The van der Waals surface area contributed by atoms with Crippen molar-refractivity contribution in [1.29, 1.82) is 0 Å². The Morgan fingerprint density at radius 1 is 1.05 bits per heavy atom. The van der Waals surface area contributed by atoms with E-state index in [0.717, 1.165) is 18.4 Å². The highest BCUT2D eigenvalue weighted by molar-refractivity contribution is 14.1. The fraction of sp³-hybridized carbons (Fsp3) is 0.538. The highest BCUT2D eigenvalue weighted by atomic mass is 127. The first kappa shape index (κ1) is 31.5. The van der Waals surface area contributed by atoms with Crippen molar-refractivity contribution in [1.82, 2.24) is 14.9 Å². The summed E-state index contributed by atoms with van der Waals surface area (Å²) in [7, 11) is 0. The van der Waals surface area contributed by atoms with Crippen molar-refractivity contribution in [3.63, 3.8) is 0 Å². The average molecular weight is 739 g/mol. The number of carbonyl (C=O) groups excluding carboxylic acids is 2. The summed E-state index contributed by atoms with van der Waals surface area (Å²) in [4.78, 5) is 41.5. The summed E-state index contributed by atoms with van der Waals surface area (Å²) in [5.74, 6) is -2.18. The maximum atomic E-state index is 13.0. The number of carboxylic acids is 1. The minimum Gasteiger partial charge on any atom is -0.480 e. The van der Waals surface area contributed by atoms with Gasteiger partial charge in [0.05, 0.1) is 11.7 Å². The van der Waals surface area contributed by atoms with Crippen LogP contribution in [0.2, 0.25) is 0 Å². The summed E-state index contributed by atoms with van der Waals surface area (Å²) >= 11 is 4.53. The van der Waals surface area contributed by atoms with E-state index >= 15 is 0 Å². The molecule has 2 aromatic rings. The smallest absolute Gasteiger partial charge is 0.326 e. The molecule has 0 amide bonds. The van der Waals surface area contributed by atoms with E-state index in [4.69, 9.17) is 9.47 Å². The third-order valence-corrected chi connectivity index (χ3v) is 6.59. The van der Waals surface area contributed by atoms with E-state index in [2.05, 4.69) is 73.7 Å². The van der Waals surface area contributed by atoms with Crippen LogP contribution in [0.1, 0.15) is 59.2 Å². The Morgan fingerprint density at radius 2 is 1.68 bits per heavy atom. The number of carboxylic acid groups (broad SMARTS) is 1. The van der Waals surface area contributed by atoms with Crippen molar-refractivity contribution in [2.75, 3.05) is 0 Å². The summed E-state index contributed by atoms with van der Waals surface area (Å²) in [5, 5.41) is 12.9. The van der Waals surface area contributed by atoms with Crippen LogP contribution < -0.4 is 5.32 Å². The molecule has 2 rings (SSSR count). The number of nitrogens with zero attached hydrogens (tertiary/aromatic N) is 2. The Morgan fingerprint density at radius 3 is 2.22 bits per heavy atom. The fourth-order valence-electron chi connectivity index (χ4n) is 3.53. The molecule has 2 N–H and O–H groups in total. The van der Waals surface area contributed by atoms with E-state index in [1.807, 2.05) is 18.4 Å². The molecule has 3 unspecified atom stereocenters. The molecule has 204 valence electrons. The van der Waals surface area contributed by atoms with Crippen LogP contribution in [0.5, 0.6) is 0 Å². The molecule has 0 bridgehead atoms. The number of benzene rings is 1. The SMILES string of the molecule is CC(C)CC(NC(Cc1cncn1Cc1cc(I)cc(I)c1)C(=O)O)C(=O)OC(C)OC(=O)C(C)(C)C. The molecule has 0 radical (unpaired) electrons. The van der Waals surface area contributed by atoms with E-state index in [9.17, 15) is 19.5 Å². The predicted molar refractivity (Wildman–Crippen MR) is 156 cm³/mol. The Kier molecular flexibility index (Phi) is 11.8. The van der Waals surface area contributed by atoms with E-state index in [1.54, 1.807) is 33.3 Å². The van der Waals surface area contributed by atoms with E-state index < -0.39 is 41.7 Å². The number of aliphatic carboxylic acids is 1. The molecular formula is C26H35I2N3O6. The quantitative estimate of drug-likeness (QED) is 0.184. The minimum absolute atomic E-state index is 0.0838. The molecule has 0 spiro atoms. The Bertz CT molecular complexity index is 1080. The van der Waals surface area contributed by atoms with E-state index in [1.165, 1.54) is 6.92 Å². The summed E-state index contributed by atoms with van der Waals surface area (Å²) in [5.41, 5.74) is 1.05. The van der Waals surface area contributed by atoms with Gasteiger partial charge in [0.2, 0.25) is 6.29 Å². The second-order valence-corrected chi connectivity index (χ2v) is 12.9. The monoisotopic (exact) mass is 739 g/mol. The van der Waals surface area contributed by atoms with Gasteiger partial charge in [0.25, 0.3) is 0 Å². The van der Waals surface area contributed by atoms with Gasteiger partial charge in [-0.3, -0.25) is 19.7 Å². The van der Waals surface area contributed by atoms with Gasteiger partial charge < -0.3 is 19.1 Å². The van der Waals surface area contributed by atoms with Gasteiger partial charge in [0.15, 0.2) is 0 Å². The third-order valence-electron chi connectivity index (χ3n) is 5.35. The minimum atomic E-state index is -1.10. The molecule has 9 nitrogen and oxygen atoms in total. The first-order chi connectivity index (χ1) is 17.1. The lowest BCUT2D eigenvalue weighted by molar-refractivity contribution is -0.192. The third kappa shape index (κ3) is 10.5. The molecule has 0 aliphatic rings. The standard InChI is InChI=1S/C26H35I2N3O6/c1-15(2)7-22(24(34)36-16(3)37-25(35)26(4,5)6)30-21(23(32)33)11-20-12-29-14-31(20)13-17-8-18(27)10-19(28)9-17/h8-10,12,14-16,21-22,30H,7,11,13H2,1-6H3,(H,32,33). The van der Waals surface area contributed by atoms with Crippen molar-refractivity contribution in [2.24, 2.45) is 11.3 Å². The van der Waals surface area contributed by atoms with Gasteiger partial charge in [-0.15, -0.1) is 0 Å². The topological polar surface area (TPSA) is 120 Å². The molecule has 11 heteroatoms. The number of hydrogen-bond donors (Lipinski definition) is 2. The Labute approximate surface area is 245 Å². The van der Waals surface area contributed by atoms with Crippen molar-refractivity contribution >= 4 is 63.1 Å². The van der Waals surface area contributed by atoms with Gasteiger partial charge in [-0.25, -0.2) is 4.98 Å². The number of hydrogen-bond acceptors (Lipinski definition) is 7. The zero-order valence-electron chi connectivity index (χ0n) is 22.0. The molecule has 1 heterocycles. The largest absolute Gasteiger partial charge is 0.480 e. The molecule has 0 saturated heterocycles. The Balaban J connectivity index is 2.15. The second kappa shape index (κ2) is 13.9. The first-order valence-corrected chi connectivity index (χ1v) is 14.2. The van der Waals surface area contributed by atoms with Gasteiger partial charge in [-0.05, 0) is 102 Å². The van der Waals surface area contributed by atoms with Crippen molar-refractivity contribution in [3.8, 4) is 0 Å². The lowest BCUT2D eigenvalue weighted by Gasteiger charge is -2.26. The zero-order valence-corrected chi connectivity index (χ0v) is 26.3. The first-order valence-electron chi connectivity index (χ1n) is 12.0. The maximum absolute atomic E-state index is 13.0. The van der Waals surface area contributed by atoms with Crippen LogP contribution >= 0.6 is 45.2 Å². The number of aromatic nitrogens is 2. The van der Waals surface area contributed by atoms with Gasteiger partial charge in [-0.2, -0.15) is 0 Å². The normalized spacial score (nSPS) is 14.2. The molecule has 1 aromatic carbocycles. The highest BCUT2D eigenvalue weighted by Crippen LogP contribution is 2.19. The number of rotatable bonds is 12. The van der Waals surface area contributed by atoms with Crippen LogP contribution in [0.4, 0.5) is 0 Å². The van der Waals surface area contributed by atoms with Crippen molar-refractivity contribution in [3.05, 3.63) is 49.1 Å². The number of halogens is 2. The van der Waals surface area contributed by atoms with Crippen LogP contribution in [0, 0.1) is 18.5 Å². The van der Waals surface area contributed by atoms with Gasteiger partial charge in [-0.1, -0.05) is 13.8 Å². The van der Waals surface area contributed by atoms with Crippen molar-refractivity contribution < 1.29 is 29.0 Å². The van der Waals surface area contributed by atoms with Crippen LogP contribution in [0.3, 0.4) is 0 Å². The molecule has 0 aliphatic heterocycles. The van der Waals surface area contributed by atoms with Gasteiger partial charge in [0.1, 0.15) is 12.1 Å². The molecule has 0 fully saturated rings. The number of esters is 2. The summed E-state index contributed by atoms with van der Waals surface area (Å²) in [6.07, 6.45) is 2.68. The predicted octanol–water partition coefficient (Wildman–Crippen LogP) is 4.62. The summed E-state index contributed by atoms with van der Waals surface area (Å²) in [6.45, 7) is 11.0. The van der Waals surface area contributed by atoms with Crippen LogP contribution in [0.25, 0.3) is 0 Å². The van der Waals surface area contributed by atoms with Crippen LogP contribution in [0.15, 0.2) is 30.7 Å². The Hall–Kier alpha value is -1.74. The lowest BCUT2D eigenvalue weighted by atomic mass is 9.97. The zero-order chi connectivity index (χ0) is 27.9. The summed E-state index contributed by atoms with van der Waals surface area (Å²) < 4.78 is 14.7. The van der Waals surface area contributed by atoms with Gasteiger partial charge in [0, 0.05) is 38.9 Å². The number of carbonyl (C=O) groups is 3. The van der Waals surface area contributed by atoms with E-state index in [0.29, 0.717) is 13.0 Å². The number of nitrogens with one attached hydrogen (secondary N) is 1. The van der Waals surface area contributed by atoms with Crippen LogP contribution in [-0.4, -0.2) is 50.9 Å². The van der Waals surface area contributed by atoms with Gasteiger partial charge >= 0.3 is 17.9 Å². The highest BCUT2D eigenvalue weighted by Gasteiger charge is 2.31. The van der Waals surface area contributed by atoms with Crippen LogP contribution in [-0.2, 0) is 36.8 Å². The molecule has 0 saturated carbocycles. The molecule has 3 atom stereocenters. The molecule has 0 aliphatic carbocycles. The second-order valence-electron chi connectivity index (χ2n) is 10.4.